The van der Waals surface area contributed by atoms with Crippen LogP contribution in [-0.4, -0.2) is 36.5 Å². The molecule has 6 nitrogen and oxygen atoms in total. The predicted molar refractivity (Wildman–Crippen MR) is 94.7 cm³/mol. The van der Waals surface area contributed by atoms with E-state index in [0.717, 1.165) is 12.1 Å². The van der Waals surface area contributed by atoms with Crippen LogP contribution in [0.1, 0.15) is 25.3 Å². The van der Waals surface area contributed by atoms with Crippen LogP contribution in [-0.2, 0) is 20.5 Å². The Balaban J connectivity index is 1.96. The average molecular weight is 395 g/mol. The highest BCUT2D eigenvalue weighted by Gasteiger charge is 2.30. The Kier molecular flexibility index (Phi) is 7.04. The van der Waals surface area contributed by atoms with Crippen molar-refractivity contribution in [3.8, 4) is 6.07 Å². The van der Waals surface area contributed by atoms with Crippen molar-refractivity contribution in [1.29, 1.82) is 5.26 Å². The number of hydrogen-bond acceptors (Lipinski definition) is 5. The van der Waals surface area contributed by atoms with Gasteiger partial charge in [0.25, 0.3) is 5.91 Å². The summed E-state index contributed by atoms with van der Waals surface area (Å²) in [5.41, 5.74) is -0.646. The number of piperidine rings is 1. The van der Waals surface area contributed by atoms with Crippen molar-refractivity contribution < 1.29 is 27.5 Å². The van der Waals surface area contributed by atoms with E-state index in [2.05, 4.69) is 5.32 Å². The molecule has 28 heavy (non-hydrogen) atoms. The number of hydrogen-bond donors (Lipinski definition) is 1. The van der Waals surface area contributed by atoms with Gasteiger partial charge in [0.05, 0.1) is 18.1 Å². The molecule has 1 fully saturated rings. The zero-order chi connectivity index (χ0) is 20.7. The quantitative estimate of drug-likeness (QED) is 0.470. The van der Waals surface area contributed by atoms with Gasteiger partial charge in [-0.1, -0.05) is 0 Å². The van der Waals surface area contributed by atoms with Crippen molar-refractivity contribution in [1.82, 2.24) is 4.90 Å². The van der Waals surface area contributed by atoms with Crippen LogP contribution in [0.3, 0.4) is 0 Å². The van der Waals surface area contributed by atoms with Crippen LogP contribution >= 0.6 is 0 Å². The van der Waals surface area contributed by atoms with E-state index >= 15 is 0 Å². The number of alkyl halides is 3. The van der Waals surface area contributed by atoms with Crippen molar-refractivity contribution in [2.75, 3.05) is 25.0 Å². The van der Waals surface area contributed by atoms with Crippen molar-refractivity contribution in [3.63, 3.8) is 0 Å². The topological polar surface area (TPSA) is 82.4 Å². The van der Waals surface area contributed by atoms with E-state index in [9.17, 15) is 28.0 Å². The summed E-state index contributed by atoms with van der Waals surface area (Å²) in [7, 11) is 0. The number of nitrogens with zero attached hydrogens (tertiary/aromatic N) is 2. The first-order valence-electron chi connectivity index (χ1n) is 8.76. The number of nitriles is 1. The number of carbonyl (C=O) groups excluding carboxylic acids is 2. The van der Waals surface area contributed by atoms with E-state index in [1.807, 2.05) is 0 Å². The number of nitrogens with one attached hydrogen (secondary N) is 1. The SMILES string of the molecule is CCOC(=O)C1CCN(C(=O)/C(C#N)=C\Nc2ccc(C(F)(F)F)cc2)CC1. The Morgan fingerprint density at radius 2 is 1.89 bits per heavy atom. The van der Waals surface area contributed by atoms with Crippen LogP contribution in [0.4, 0.5) is 18.9 Å². The lowest BCUT2D eigenvalue weighted by Crippen LogP contribution is -2.41. The van der Waals surface area contributed by atoms with Gasteiger partial charge in [-0.15, -0.1) is 0 Å². The van der Waals surface area contributed by atoms with Crippen LogP contribution in [0.15, 0.2) is 36.0 Å². The monoisotopic (exact) mass is 395 g/mol. The molecule has 0 atom stereocenters. The molecule has 2 rings (SSSR count). The lowest BCUT2D eigenvalue weighted by Gasteiger charge is -2.30. The number of amides is 1. The molecule has 1 aromatic carbocycles. The molecule has 1 aliphatic rings. The van der Waals surface area contributed by atoms with Gasteiger partial charge >= 0.3 is 12.1 Å². The van der Waals surface area contributed by atoms with Gasteiger partial charge in [-0.3, -0.25) is 9.59 Å². The highest BCUT2D eigenvalue weighted by atomic mass is 19.4. The molecule has 0 spiro atoms. The third kappa shape index (κ3) is 5.49. The van der Waals surface area contributed by atoms with E-state index in [0.29, 0.717) is 38.2 Å². The summed E-state index contributed by atoms with van der Waals surface area (Å²) < 4.78 is 42.7. The molecular weight excluding hydrogens is 375 g/mol. The van der Waals surface area contributed by atoms with E-state index in [1.54, 1.807) is 13.0 Å². The highest BCUT2D eigenvalue weighted by molar-refractivity contribution is 5.97. The second kappa shape index (κ2) is 9.26. The number of anilines is 1. The van der Waals surface area contributed by atoms with Crippen LogP contribution < -0.4 is 5.32 Å². The van der Waals surface area contributed by atoms with E-state index in [1.165, 1.54) is 23.2 Å². The number of carbonyl (C=O) groups is 2. The first-order chi connectivity index (χ1) is 13.3. The van der Waals surface area contributed by atoms with Crippen LogP contribution in [0.5, 0.6) is 0 Å². The number of esters is 1. The lowest BCUT2D eigenvalue weighted by molar-refractivity contribution is -0.150. The summed E-state index contributed by atoms with van der Waals surface area (Å²) in [4.78, 5) is 25.7. The van der Waals surface area contributed by atoms with Gasteiger partial charge in [-0.25, -0.2) is 0 Å². The second-order valence-electron chi connectivity index (χ2n) is 6.21. The van der Waals surface area contributed by atoms with Gasteiger partial charge < -0.3 is 15.0 Å². The Labute approximate surface area is 160 Å². The van der Waals surface area contributed by atoms with Gasteiger partial charge in [0.1, 0.15) is 11.6 Å². The molecule has 1 heterocycles. The molecular formula is C19H20F3N3O3. The van der Waals surface area contributed by atoms with Gasteiger partial charge in [0.15, 0.2) is 0 Å². The summed E-state index contributed by atoms with van der Waals surface area (Å²) in [6.07, 6.45) is -2.36. The Morgan fingerprint density at radius 3 is 2.39 bits per heavy atom. The molecule has 1 aromatic rings. The zero-order valence-corrected chi connectivity index (χ0v) is 15.3. The number of ether oxygens (including phenoxy) is 1. The number of benzene rings is 1. The van der Waals surface area contributed by atoms with Crippen LogP contribution in [0.2, 0.25) is 0 Å². The van der Waals surface area contributed by atoms with Gasteiger partial charge in [-0.05, 0) is 44.0 Å². The maximum atomic E-state index is 12.6. The van der Waals surface area contributed by atoms with Crippen LogP contribution in [0.25, 0.3) is 0 Å². The largest absolute Gasteiger partial charge is 0.466 e. The summed E-state index contributed by atoms with van der Waals surface area (Å²) in [6.45, 7) is 2.67. The molecule has 0 aliphatic carbocycles. The normalized spacial score (nSPS) is 15.7. The summed E-state index contributed by atoms with van der Waals surface area (Å²) in [6, 6.07) is 6.03. The predicted octanol–water partition coefficient (Wildman–Crippen LogP) is 3.33. The smallest absolute Gasteiger partial charge is 0.416 e. The zero-order valence-electron chi connectivity index (χ0n) is 15.3. The minimum absolute atomic E-state index is 0.172. The molecule has 1 amide bonds. The molecule has 0 saturated carbocycles. The molecule has 150 valence electrons. The fraction of sp³-hybridized carbons (Fsp3) is 0.421. The molecule has 9 heteroatoms. The van der Waals surface area contributed by atoms with E-state index < -0.39 is 17.6 Å². The molecule has 1 N–H and O–H groups in total. The Morgan fingerprint density at radius 1 is 1.29 bits per heavy atom. The molecule has 0 aromatic heterocycles. The molecule has 0 radical (unpaired) electrons. The fourth-order valence-corrected chi connectivity index (χ4v) is 2.80. The van der Waals surface area contributed by atoms with Gasteiger partial charge in [-0.2, -0.15) is 18.4 Å². The maximum Gasteiger partial charge on any atom is 0.416 e. The van der Waals surface area contributed by atoms with Crippen molar-refractivity contribution in [3.05, 3.63) is 41.6 Å². The minimum Gasteiger partial charge on any atom is -0.466 e. The van der Waals surface area contributed by atoms with E-state index in [4.69, 9.17) is 4.74 Å². The average Bonchev–Trinajstić information content (AvgIpc) is 2.68. The maximum absolute atomic E-state index is 12.6. The van der Waals surface area contributed by atoms with Crippen molar-refractivity contribution >= 4 is 17.6 Å². The second-order valence-corrected chi connectivity index (χ2v) is 6.21. The summed E-state index contributed by atoms with van der Waals surface area (Å²) >= 11 is 0. The Hall–Kier alpha value is -3.02. The van der Waals surface area contributed by atoms with Crippen molar-refractivity contribution in [2.45, 2.75) is 25.9 Å². The van der Waals surface area contributed by atoms with Crippen LogP contribution in [0, 0.1) is 17.2 Å². The Bertz CT molecular complexity index is 774. The third-order valence-corrected chi connectivity index (χ3v) is 4.35. The molecule has 1 aliphatic heterocycles. The molecule has 0 unspecified atom stereocenters. The first-order valence-corrected chi connectivity index (χ1v) is 8.76. The minimum atomic E-state index is -4.43. The third-order valence-electron chi connectivity index (χ3n) is 4.35. The molecule has 1 saturated heterocycles. The van der Waals surface area contributed by atoms with Crippen molar-refractivity contribution in [2.24, 2.45) is 5.92 Å². The fourth-order valence-electron chi connectivity index (χ4n) is 2.80. The molecule has 0 bridgehead atoms. The summed E-state index contributed by atoms with van der Waals surface area (Å²) in [5, 5.41) is 11.9. The lowest BCUT2D eigenvalue weighted by atomic mass is 9.96. The number of halogens is 3. The number of rotatable bonds is 5. The number of likely N-dealkylation sites (tertiary alicyclic amines) is 1. The first kappa shape index (κ1) is 21.3. The summed E-state index contributed by atoms with van der Waals surface area (Å²) in [5.74, 6) is -1.04. The van der Waals surface area contributed by atoms with E-state index in [-0.39, 0.29) is 17.5 Å². The van der Waals surface area contributed by atoms with Gasteiger partial charge in [0, 0.05) is 25.0 Å². The van der Waals surface area contributed by atoms with Gasteiger partial charge in [0.2, 0.25) is 0 Å². The standard InChI is InChI=1S/C19H20F3N3O3/c1-2-28-18(27)13-7-9-25(10-8-13)17(26)14(11-23)12-24-16-5-3-15(4-6-16)19(20,21)22/h3-6,12-13,24H,2,7-10H2,1H3/b14-12-. The highest BCUT2D eigenvalue weighted by Crippen LogP contribution is 2.29.